The molecule has 1 aliphatic rings. The van der Waals surface area contributed by atoms with Crippen molar-refractivity contribution in [3.05, 3.63) is 77.9 Å². The normalized spacial score (nSPS) is 18.0. The predicted octanol–water partition coefficient (Wildman–Crippen LogP) is 4.55. The fourth-order valence-corrected chi connectivity index (χ4v) is 3.71. The molecule has 0 bridgehead atoms. The summed E-state index contributed by atoms with van der Waals surface area (Å²) in [4.78, 5) is 13.3. The standard InChI is InChI=1S/C23H22N2O2/c1-23(2)20(16-10-12-19(27-3)13-11-16)21(24-25-23)22(26)18-9-8-15-6-4-5-7-17(15)14-18/h4-14,20,25H,1-3H3/t20-/m0/s1. The molecule has 0 unspecified atom stereocenters. The first-order valence-electron chi connectivity index (χ1n) is 9.02. The van der Waals surface area contributed by atoms with Crippen molar-refractivity contribution in [1.82, 2.24) is 5.43 Å². The Morgan fingerprint density at radius 3 is 2.41 bits per heavy atom. The van der Waals surface area contributed by atoms with Crippen LogP contribution in [0.2, 0.25) is 0 Å². The highest BCUT2D eigenvalue weighted by Gasteiger charge is 2.42. The third-order valence-electron chi connectivity index (χ3n) is 5.15. The third kappa shape index (κ3) is 3.08. The molecule has 0 spiro atoms. The molecule has 0 aromatic heterocycles. The van der Waals surface area contributed by atoms with Gasteiger partial charge in [0.2, 0.25) is 5.78 Å². The Kier molecular flexibility index (Phi) is 4.19. The van der Waals surface area contributed by atoms with E-state index in [1.54, 1.807) is 7.11 Å². The van der Waals surface area contributed by atoms with Crippen LogP contribution in [0.3, 0.4) is 0 Å². The van der Waals surface area contributed by atoms with E-state index in [1.807, 2.05) is 66.7 Å². The lowest BCUT2D eigenvalue weighted by molar-refractivity contribution is 0.106. The Hall–Kier alpha value is -3.14. The molecular weight excluding hydrogens is 336 g/mol. The molecule has 0 saturated heterocycles. The Balaban J connectivity index is 1.72. The second kappa shape index (κ2) is 6.54. The van der Waals surface area contributed by atoms with Gasteiger partial charge in [0.05, 0.1) is 18.6 Å². The predicted molar refractivity (Wildman–Crippen MR) is 109 cm³/mol. The number of Topliss-reactive ketones (excluding diaryl/α,β-unsaturated/α-hetero) is 1. The van der Waals surface area contributed by atoms with Gasteiger partial charge in [-0.25, -0.2) is 0 Å². The molecule has 4 heteroatoms. The van der Waals surface area contributed by atoms with Gasteiger partial charge in [0, 0.05) is 5.56 Å². The lowest BCUT2D eigenvalue weighted by Gasteiger charge is -2.27. The van der Waals surface area contributed by atoms with Crippen molar-refractivity contribution in [2.45, 2.75) is 25.3 Å². The molecular formula is C23H22N2O2. The van der Waals surface area contributed by atoms with E-state index < -0.39 is 0 Å². The summed E-state index contributed by atoms with van der Waals surface area (Å²) in [6, 6.07) is 21.7. The van der Waals surface area contributed by atoms with Crippen LogP contribution < -0.4 is 10.2 Å². The van der Waals surface area contributed by atoms with Gasteiger partial charge in [-0.15, -0.1) is 0 Å². The van der Waals surface area contributed by atoms with Crippen LogP contribution in [-0.2, 0) is 0 Å². The number of carbonyl (C=O) groups excluding carboxylic acids is 1. The Morgan fingerprint density at radius 2 is 1.70 bits per heavy atom. The van der Waals surface area contributed by atoms with E-state index in [0.29, 0.717) is 11.3 Å². The number of ketones is 1. The summed E-state index contributed by atoms with van der Waals surface area (Å²) in [7, 11) is 1.65. The van der Waals surface area contributed by atoms with Crippen molar-refractivity contribution in [3.8, 4) is 5.75 Å². The Bertz CT molecular complexity index is 1040. The molecule has 4 nitrogen and oxygen atoms in total. The number of benzene rings is 3. The second-order valence-electron chi connectivity index (χ2n) is 7.43. The summed E-state index contributed by atoms with van der Waals surface area (Å²) in [5, 5.41) is 6.60. The molecule has 0 radical (unpaired) electrons. The van der Waals surface area contributed by atoms with Crippen LogP contribution in [0.1, 0.15) is 35.7 Å². The largest absolute Gasteiger partial charge is 0.497 e. The summed E-state index contributed by atoms with van der Waals surface area (Å²) < 4.78 is 5.26. The van der Waals surface area contributed by atoms with Crippen molar-refractivity contribution in [2.24, 2.45) is 5.10 Å². The van der Waals surface area contributed by atoms with Crippen LogP contribution in [0.25, 0.3) is 10.8 Å². The lowest BCUT2D eigenvalue weighted by atomic mass is 9.78. The smallest absolute Gasteiger partial charge is 0.209 e. The maximum atomic E-state index is 13.3. The first kappa shape index (κ1) is 17.3. The van der Waals surface area contributed by atoms with Crippen molar-refractivity contribution >= 4 is 22.3 Å². The summed E-state index contributed by atoms with van der Waals surface area (Å²) >= 11 is 0. The zero-order chi connectivity index (χ0) is 19.0. The zero-order valence-corrected chi connectivity index (χ0v) is 15.7. The molecule has 1 N–H and O–H groups in total. The van der Waals surface area contributed by atoms with Gasteiger partial charge >= 0.3 is 0 Å². The SMILES string of the molecule is COc1ccc([C@H]2C(C(=O)c3ccc4ccccc4c3)=NNC2(C)C)cc1. The summed E-state index contributed by atoms with van der Waals surface area (Å²) in [5.41, 5.74) is 5.04. The number of methoxy groups -OCH3 is 1. The third-order valence-corrected chi connectivity index (χ3v) is 5.15. The van der Waals surface area contributed by atoms with E-state index in [2.05, 4.69) is 24.4 Å². The fourth-order valence-electron chi connectivity index (χ4n) is 3.71. The van der Waals surface area contributed by atoms with Crippen molar-refractivity contribution in [1.29, 1.82) is 0 Å². The van der Waals surface area contributed by atoms with Gasteiger partial charge in [-0.05, 0) is 48.4 Å². The number of hydrazone groups is 1. The molecule has 0 fully saturated rings. The van der Waals surface area contributed by atoms with Gasteiger partial charge in [-0.3, -0.25) is 4.79 Å². The zero-order valence-electron chi connectivity index (χ0n) is 15.7. The van der Waals surface area contributed by atoms with Crippen molar-refractivity contribution < 1.29 is 9.53 Å². The quantitative estimate of drug-likeness (QED) is 0.696. The molecule has 1 aliphatic heterocycles. The van der Waals surface area contributed by atoms with Gasteiger partial charge < -0.3 is 10.2 Å². The highest BCUT2D eigenvalue weighted by molar-refractivity contribution is 6.48. The minimum atomic E-state index is -0.351. The minimum absolute atomic E-state index is 0.0420. The van der Waals surface area contributed by atoms with E-state index >= 15 is 0 Å². The molecule has 27 heavy (non-hydrogen) atoms. The van der Waals surface area contributed by atoms with Gasteiger partial charge in [-0.1, -0.05) is 48.5 Å². The van der Waals surface area contributed by atoms with Crippen LogP contribution in [-0.4, -0.2) is 24.1 Å². The highest BCUT2D eigenvalue weighted by atomic mass is 16.5. The van der Waals surface area contributed by atoms with Crippen LogP contribution >= 0.6 is 0 Å². The molecule has 4 rings (SSSR count). The molecule has 0 aliphatic carbocycles. The topological polar surface area (TPSA) is 50.7 Å². The highest BCUT2D eigenvalue weighted by Crippen LogP contribution is 2.35. The number of hydrogen-bond donors (Lipinski definition) is 1. The molecule has 1 atom stereocenters. The van der Waals surface area contributed by atoms with E-state index in [1.165, 1.54) is 0 Å². The average molecular weight is 358 g/mol. The molecule has 3 aromatic rings. The number of nitrogens with zero attached hydrogens (tertiary/aromatic N) is 1. The summed E-state index contributed by atoms with van der Waals surface area (Å²) in [6.07, 6.45) is 0. The van der Waals surface area contributed by atoms with Crippen molar-refractivity contribution in [2.75, 3.05) is 7.11 Å². The van der Waals surface area contributed by atoms with E-state index in [4.69, 9.17) is 4.74 Å². The molecule has 1 heterocycles. The van der Waals surface area contributed by atoms with Crippen LogP contribution in [0.4, 0.5) is 0 Å². The summed E-state index contributed by atoms with van der Waals surface area (Å²) in [5.74, 6) is 0.615. The van der Waals surface area contributed by atoms with Gasteiger partial charge in [0.25, 0.3) is 0 Å². The van der Waals surface area contributed by atoms with Crippen molar-refractivity contribution in [3.63, 3.8) is 0 Å². The Labute approximate surface area is 158 Å². The number of carbonyl (C=O) groups is 1. The van der Waals surface area contributed by atoms with E-state index in [-0.39, 0.29) is 17.2 Å². The van der Waals surface area contributed by atoms with Crippen LogP contribution in [0.5, 0.6) is 5.75 Å². The van der Waals surface area contributed by atoms with Gasteiger partial charge in [0.15, 0.2) is 0 Å². The number of hydrogen-bond acceptors (Lipinski definition) is 4. The minimum Gasteiger partial charge on any atom is -0.497 e. The Morgan fingerprint density at radius 1 is 1.00 bits per heavy atom. The van der Waals surface area contributed by atoms with Crippen LogP contribution in [0.15, 0.2) is 71.8 Å². The maximum absolute atomic E-state index is 13.3. The maximum Gasteiger partial charge on any atom is 0.209 e. The molecule has 0 saturated carbocycles. The lowest BCUT2D eigenvalue weighted by Crippen LogP contribution is -2.39. The van der Waals surface area contributed by atoms with Crippen LogP contribution in [0, 0.1) is 0 Å². The number of rotatable bonds is 4. The fraction of sp³-hybridized carbons (Fsp3) is 0.217. The monoisotopic (exact) mass is 358 g/mol. The average Bonchev–Trinajstić information content (AvgIpc) is 3.02. The second-order valence-corrected chi connectivity index (χ2v) is 7.43. The van der Waals surface area contributed by atoms with E-state index in [9.17, 15) is 4.79 Å². The van der Waals surface area contributed by atoms with Gasteiger partial charge in [0.1, 0.15) is 11.5 Å². The van der Waals surface area contributed by atoms with E-state index in [0.717, 1.165) is 22.1 Å². The molecule has 0 amide bonds. The molecule has 3 aromatic carbocycles. The van der Waals surface area contributed by atoms with Gasteiger partial charge in [-0.2, -0.15) is 5.10 Å². The number of ether oxygens (including phenoxy) is 1. The summed E-state index contributed by atoms with van der Waals surface area (Å²) in [6.45, 7) is 4.12. The number of fused-ring (bicyclic) bond motifs is 1. The first-order chi connectivity index (χ1) is 13.0. The number of nitrogens with one attached hydrogen (secondary N) is 1. The first-order valence-corrected chi connectivity index (χ1v) is 9.02. The molecule has 136 valence electrons.